The topological polar surface area (TPSA) is 88.2 Å². The molecule has 1 aromatic carbocycles. The summed E-state index contributed by atoms with van der Waals surface area (Å²) >= 11 is 13.8. The van der Waals surface area contributed by atoms with Crippen LogP contribution in [0.25, 0.3) is 0 Å². The summed E-state index contributed by atoms with van der Waals surface area (Å²) in [7, 11) is -3.70. The Morgan fingerprint density at radius 1 is 1.12 bits per heavy atom. The van der Waals surface area contributed by atoms with Gasteiger partial charge >= 0.3 is 0 Å². The summed E-state index contributed by atoms with van der Waals surface area (Å²) in [6.45, 7) is 0. The van der Waals surface area contributed by atoms with Crippen LogP contribution in [0.5, 0.6) is 0 Å². The molecule has 130 valence electrons. The fraction of sp³-hybridized carbons (Fsp3) is 0. The van der Waals surface area contributed by atoms with Gasteiger partial charge in [0.2, 0.25) is 0 Å². The molecule has 2 aromatic heterocycles. The van der Waals surface area contributed by atoms with Crippen LogP contribution in [0, 0.1) is 0 Å². The van der Waals surface area contributed by atoms with Crippen LogP contribution in [0.1, 0.15) is 10.5 Å². The average Bonchev–Trinajstić information content (AvgIpc) is 3.22. The molecule has 1 amide bonds. The van der Waals surface area contributed by atoms with E-state index in [1.807, 2.05) is 0 Å². The smallest absolute Gasteiger partial charge is 0.275 e. The van der Waals surface area contributed by atoms with E-state index in [0.29, 0.717) is 15.7 Å². The zero-order chi connectivity index (χ0) is 18.0. The molecule has 0 unspecified atom stereocenters. The quantitative estimate of drug-likeness (QED) is 0.616. The van der Waals surface area contributed by atoms with Crippen LogP contribution in [-0.2, 0) is 10.0 Å². The van der Waals surface area contributed by atoms with Gasteiger partial charge in [-0.25, -0.2) is 13.4 Å². The molecule has 25 heavy (non-hydrogen) atoms. The molecule has 3 aromatic rings. The first-order chi connectivity index (χ1) is 11.8. The van der Waals surface area contributed by atoms with Crippen molar-refractivity contribution in [1.82, 2.24) is 4.98 Å². The van der Waals surface area contributed by atoms with E-state index in [1.54, 1.807) is 23.6 Å². The molecular weight excluding hydrogens is 425 g/mol. The molecule has 0 fully saturated rings. The number of nitrogens with one attached hydrogen (secondary N) is 2. The lowest BCUT2D eigenvalue weighted by Gasteiger charge is -2.04. The monoisotopic (exact) mass is 433 g/mol. The normalized spacial score (nSPS) is 11.3. The number of benzene rings is 1. The van der Waals surface area contributed by atoms with Gasteiger partial charge in [0.1, 0.15) is 9.90 Å². The van der Waals surface area contributed by atoms with E-state index in [2.05, 4.69) is 15.0 Å². The first-order valence-electron chi connectivity index (χ1n) is 6.63. The van der Waals surface area contributed by atoms with Crippen molar-refractivity contribution < 1.29 is 13.2 Å². The summed E-state index contributed by atoms with van der Waals surface area (Å²) in [6, 6.07) is 7.78. The average molecular weight is 434 g/mol. The van der Waals surface area contributed by atoms with Crippen molar-refractivity contribution in [3.63, 3.8) is 0 Å². The number of thiazole rings is 1. The van der Waals surface area contributed by atoms with Gasteiger partial charge < -0.3 is 5.32 Å². The van der Waals surface area contributed by atoms with Crippen molar-refractivity contribution in [2.45, 2.75) is 4.21 Å². The number of thiophene rings is 1. The molecule has 0 spiro atoms. The minimum absolute atomic E-state index is 0.0833. The molecule has 0 saturated carbocycles. The molecule has 0 radical (unpaired) electrons. The highest BCUT2D eigenvalue weighted by atomic mass is 35.5. The maximum absolute atomic E-state index is 12.2. The number of rotatable bonds is 5. The van der Waals surface area contributed by atoms with Gasteiger partial charge in [0.15, 0.2) is 5.13 Å². The molecular formula is C14H9Cl2N3O3S3. The van der Waals surface area contributed by atoms with Crippen LogP contribution in [0.15, 0.2) is 45.3 Å². The molecule has 2 heterocycles. The molecule has 0 aliphatic carbocycles. The second-order valence-electron chi connectivity index (χ2n) is 4.66. The summed E-state index contributed by atoms with van der Waals surface area (Å²) in [5.74, 6) is -0.490. The van der Waals surface area contributed by atoms with Crippen LogP contribution >= 0.6 is 45.9 Å². The van der Waals surface area contributed by atoms with Crippen LogP contribution < -0.4 is 10.0 Å². The Labute approximate surface area is 161 Å². The predicted octanol–water partition coefficient (Wildman–Crippen LogP) is 4.56. The number of aromatic nitrogens is 1. The molecule has 0 saturated heterocycles. The largest absolute Gasteiger partial charge is 0.321 e. The zero-order valence-electron chi connectivity index (χ0n) is 12.2. The van der Waals surface area contributed by atoms with Crippen molar-refractivity contribution in [2.24, 2.45) is 0 Å². The maximum Gasteiger partial charge on any atom is 0.275 e. The summed E-state index contributed by atoms with van der Waals surface area (Å²) in [4.78, 5) is 16.2. The number of amides is 1. The fourth-order valence-corrected chi connectivity index (χ4v) is 5.01. The second kappa shape index (κ2) is 7.30. The Bertz CT molecular complexity index is 1020. The molecule has 0 aliphatic rings. The van der Waals surface area contributed by atoms with E-state index >= 15 is 0 Å². The van der Waals surface area contributed by atoms with Crippen LogP contribution in [0.3, 0.4) is 0 Å². The van der Waals surface area contributed by atoms with E-state index in [-0.39, 0.29) is 15.0 Å². The molecule has 0 atom stereocenters. The number of carbonyl (C=O) groups excluding carboxylic acids is 1. The van der Waals surface area contributed by atoms with Gasteiger partial charge in [-0.1, -0.05) is 29.3 Å². The van der Waals surface area contributed by atoms with Crippen molar-refractivity contribution >= 4 is 72.6 Å². The third kappa shape index (κ3) is 4.31. The fourth-order valence-electron chi connectivity index (χ4n) is 1.78. The lowest BCUT2D eigenvalue weighted by atomic mass is 10.3. The van der Waals surface area contributed by atoms with Gasteiger partial charge in [0.05, 0.1) is 10.0 Å². The van der Waals surface area contributed by atoms with E-state index < -0.39 is 15.9 Å². The van der Waals surface area contributed by atoms with Gasteiger partial charge in [0.25, 0.3) is 15.9 Å². The Balaban J connectivity index is 1.72. The number of anilines is 2. The molecule has 3 rings (SSSR count). The Morgan fingerprint density at radius 2 is 1.92 bits per heavy atom. The van der Waals surface area contributed by atoms with Crippen molar-refractivity contribution in [3.8, 4) is 0 Å². The van der Waals surface area contributed by atoms with Crippen LogP contribution in [0.4, 0.5) is 10.8 Å². The Hall–Kier alpha value is -1.65. The number of carbonyl (C=O) groups is 1. The number of hydrogen-bond donors (Lipinski definition) is 2. The number of halogens is 2. The summed E-state index contributed by atoms with van der Waals surface area (Å²) < 4.78 is 26.8. The predicted molar refractivity (Wildman–Crippen MR) is 102 cm³/mol. The second-order valence-corrected chi connectivity index (χ2v) is 9.19. The zero-order valence-corrected chi connectivity index (χ0v) is 16.2. The first-order valence-corrected chi connectivity index (χ1v) is 10.6. The Morgan fingerprint density at radius 3 is 2.60 bits per heavy atom. The van der Waals surface area contributed by atoms with E-state index in [9.17, 15) is 13.2 Å². The molecule has 0 aliphatic heterocycles. The number of sulfonamides is 1. The van der Waals surface area contributed by atoms with E-state index in [0.717, 1.165) is 22.7 Å². The lowest BCUT2D eigenvalue weighted by Crippen LogP contribution is -2.14. The molecule has 6 nitrogen and oxygen atoms in total. The van der Waals surface area contributed by atoms with Gasteiger partial charge in [-0.2, -0.15) is 0 Å². The maximum atomic E-state index is 12.2. The number of nitrogens with zero attached hydrogens (tertiary/aromatic N) is 1. The Kier molecular flexibility index (Phi) is 5.30. The molecule has 0 bridgehead atoms. The van der Waals surface area contributed by atoms with Crippen molar-refractivity contribution in [2.75, 3.05) is 10.0 Å². The van der Waals surface area contributed by atoms with Crippen LogP contribution in [-0.4, -0.2) is 19.3 Å². The highest BCUT2D eigenvalue weighted by Gasteiger charge is 2.18. The van der Waals surface area contributed by atoms with Gasteiger partial charge in [-0.15, -0.1) is 22.7 Å². The SMILES string of the molecule is O=C(Nc1ccc(Cl)c(Cl)c1)c1csc(NS(=O)(=O)c2cccs2)n1. The summed E-state index contributed by atoms with van der Waals surface area (Å²) in [5, 5.41) is 6.52. The van der Waals surface area contributed by atoms with Crippen molar-refractivity contribution in [3.05, 3.63) is 56.8 Å². The third-order valence-electron chi connectivity index (χ3n) is 2.90. The minimum Gasteiger partial charge on any atom is -0.321 e. The van der Waals surface area contributed by atoms with E-state index in [1.165, 1.54) is 17.5 Å². The highest BCUT2D eigenvalue weighted by molar-refractivity contribution is 7.94. The van der Waals surface area contributed by atoms with Gasteiger partial charge in [0, 0.05) is 11.1 Å². The minimum atomic E-state index is -3.70. The van der Waals surface area contributed by atoms with Gasteiger partial charge in [-0.3, -0.25) is 9.52 Å². The standard InChI is InChI=1S/C14H9Cl2N3O3S3/c15-9-4-3-8(6-10(9)16)17-13(20)11-7-24-14(18-11)19-25(21,22)12-2-1-5-23-12/h1-7H,(H,17,20)(H,18,19). The lowest BCUT2D eigenvalue weighted by molar-refractivity contribution is 0.102. The first kappa shape index (κ1) is 18.2. The number of hydrogen-bond acceptors (Lipinski definition) is 6. The van der Waals surface area contributed by atoms with Gasteiger partial charge in [-0.05, 0) is 29.6 Å². The summed E-state index contributed by atoms with van der Waals surface area (Å²) in [5.41, 5.74) is 0.535. The highest BCUT2D eigenvalue weighted by Crippen LogP contribution is 2.26. The van der Waals surface area contributed by atoms with E-state index in [4.69, 9.17) is 23.2 Å². The molecule has 11 heteroatoms. The summed E-state index contributed by atoms with van der Waals surface area (Å²) in [6.07, 6.45) is 0. The van der Waals surface area contributed by atoms with Crippen LogP contribution in [0.2, 0.25) is 10.0 Å². The third-order valence-corrected chi connectivity index (χ3v) is 7.26. The van der Waals surface area contributed by atoms with Crippen molar-refractivity contribution in [1.29, 1.82) is 0 Å². The molecule has 2 N–H and O–H groups in total.